The molecule has 2 rings (SSSR count). The van der Waals surface area contributed by atoms with Crippen molar-refractivity contribution in [2.45, 2.75) is 41.0 Å². The number of thiazole rings is 1. The highest BCUT2D eigenvalue weighted by molar-refractivity contribution is 7.15. The number of aryl methyl sites for hydroxylation is 4. The maximum Gasteiger partial charge on any atom is 0.160 e. The fraction of sp³-hybridized carbons (Fsp3) is 0.375. The van der Waals surface area contributed by atoms with E-state index in [9.17, 15) is 4.79 Å². The van der Waals surface area contributed by atoms with E-state index >= 15 is 0 Å². The number of hydrogen-bond donors (Lipinski definition) is 0. The number of ketones is 1. The van der Waals surface area contributed by atoms with Crippen molar-refractivity contribution in [3.63, 3.8) is 0 Å². The number of carbonyl (C=O) groups excluding carboxylic acids is 1. The predicted octanol–water partition coefficient (Wildman–Crippen LogP) is 4.50. The van der Waals surface area contributed by atoms with Crippen LogP contribution in [-0.2, 0) is 6.42 Å². The number of Topliss-reactive ketones (excluding diaryl/α,β-unsaturated/α-hetero) is 1. The van der Waals surface area contributed by atoms with Gasteiger partial charge in [0.1, 0.15) is 5.01 Å². The molecule has 0 spiro atoms. The van der Waals surface area contributed by atoms with Gasteiger partial charge in [-0.05, 0) is 51.3 Å². The number of nitrogens with zero attached hydrogens (tertiary/aromatic N) is 1. The second-order valence-corrected chi connectivity index (χ2v) is 6.12. The average molecular weight is 273 g/mol. The molecule has 0 N–H and O–H groups in total. The minimum Gasteiger partial charge on any atom is -0.295 e. The molecule has 2 aromatic rings. The molecule has 0 fully saturated rings. The molecule has 0 atom stereocenters. The molecule has 1 aromatic heterocycles. The van der Waals surface area contributed by atoms with Crippen LogP contribution in [0.15, 0.2) is 12.1 Å². The lowest BCUT2D eigenvalue weighted by atomic mass is 9.98. The van der Waals surface area contributed by atoms with E-state index in [4.69, 9.17) is 4.98 Å². The van der Waals surface area contributed by atoms with Crippen molar-refractivity contribution in [3.05, 3.63) is 39.4 Å². The average Bonchev–Trinajstić information content (AvgIpc) is 2.69. The van der Waals surface area contributed by atoms with Crippen LogP contribution in [0.2, 0.25) is 0 Å². The van der Waals surface area contributed by atoms with E-state index in [-0.39, 0.29) is 5.78 Å². The first-order valence-electron chi connectivity index (χ1n) is 6.52. The van der Waals surface area contributed by atoms with Gasteiger partial charge in [-0.1, -0.05) is 13.0 Å². The molecule has 0 aliphatic rings. The summed E-state index contributed by atoms with van der Waals surface area (Å²) in [6.07, 6.45) is 0.951. The molecule has 0 unspecified atom stereocenters. The Morgan fingerprint density at radius 3 is 2.42 bits per heavy atom. The van der Waals surface area contributed by atoms with E-state index in [0.29, 0.717) is 0 Å². The molecule has 3 heteroatoms. The summed E-state index contributed by atoms with van der Waals surface area (Å²) in [4.78, 5) is 17.6. The number of carbonyl (C=O) groups is 1. The summed E-state index contributed by atoms with van der Waals surface area (Å²) in [6.45, 7) is 9.91. The van der Waals surface area contributed by atoms with Crippen LogP contribution in [0.5, 0.6) is 0 Å². The number of hydrogen-bond acceptors (Lipinski definition) is 3. The maximum atomic E-state index is 11.7. The Morgan fingerprint density at radius 2 is 1.89 bits per heavy atom. The summed E-state index contributed by atoms with van der Waals surface area (Å²) in [5.74, 6) is 0.114. The first kappa shape index (κ1) is 13.9. The highest BCUT2D eigenvalue weighted by Crippen LogP contribution is 2.32. The number of rotatable bonds is 3. The summed E-state index contributed by atoms with van der Waals surface area (Å²) >= 11 is 1.71. The van der Waals surface area contributed by atoms with Gasteiger partial charge >= 0.3 is 0 Å². The minimum absolute atomic E-state index is 0.114. The van der Waals surface area contributed by atoms with Gasteiger partial charge in [0.05, 0.1) is 5.69 Å². The Hall–Kier alpha value is -1.48. The fourth-order valence-electron chi connectivity index (χ4n) is 2.33. The van der Waals surface area contributed by atoms with Crippen molar-refractivity contribution in [2.75, 3.05) is 0 Å². The number of aromatic nitrogens is 1. The van der Waals surface area contributed by atoms with Crippen molar-refractivity contribution in [2.24, 2.45) is 0 Å². The normalized spacial score (nSPS) is 10.8. The van der Waals surface area contributed by atoms with Crippen molar-refractivity contribution >= 4 is 17.1 Å². The van der Waals surface area contributed by atoms with Crippen LogP contribution in [0.4, 0.5) is 0 Å². The lowest BCUT2D eigenvalue weighted by Crippen LogP contribution is -1.98. The van der Waals surface area contributed by atoms with Gasteiger partial charge in [-0.2, -0.15) is 0 Å². The standard InChI is InChI=1S/C16H19NOS/c1-6-15-12(5)19-16(17-15)14-8-13(11(4)18)9(2)7-10(14)3/h7-8H,6H2,1-5H3. The molecule has 100 valence electrons. The van der Waals surface area contributed by atoms with Crippen LogP contribution >= 0.6 is 11.3 Å². The van der Waals surface area contributed by atoms with Crippen LogP contribution in [-0.4, -0.2) is 10.8 Å². The quantitative estimate of drug-likeness (QED) is 0.771. The summed E-state index contributed by atoms with van der Waals surface area (Å²) in [7, 11) is 0. The Kier molecular flexibility index (Phi) is 3.85. The molecule has 1 heterocycles. The highest BCUT2D eigenvalue weighted by atomic mass is 32.1. The highest BCUT2D eigenvalue weighted by Gasteiger charge is 2.14. The van der Waals surface area contributed by atoms with Crippen LogP contribution in [0.1, 0.15) is 45.9 Å². The van der Waals surface area contributed by atoms with Crippen molar-refractivity contribution in [1.82, 2.24) is 4.98 Å². The van der Waals surface area contributed by atoms with Crippen LogP contribution in [0.3, 0.4) is 0 Å². The van der Waals surface area contributed by atoms with E-state index in [2.05, 4.69) is 26.8 Å². The molecule has 1 aromatic carbocycles. The molecule has 0 saturated carbocycles. The van der Waals surface area contributed by atoms with E-state index in [1.165, 1.54) is 10.4 Å². The first-order chi connectivity index (χ1) is 8.93. The van der Waals surface area contributed by atoms with Gasteiger partial charge in [-0.25, -0.2) is 4.98 Å². The molecular weight excluding hydrogens is 254 g/mol. The molecule has 0 saturated heterocycles. The van der Waals surface area contributed by atoms with Crippen LogP contribution in [0.25, 0.3) is 10.6 Å². The summed E-state index contributed by atoms with van der Waals surface area (Å²) in [5.41, 5.74) is 5.26. The van der Waals surface area contributed by atoms with E-state index in [0.717, 1.165) is 33.8 Å². The zero-order chi connectivity index (χ0) is 14.2. The molecule has 19 heavy (non-hydrogen) atoms. The number of benzene rings is 1. The summed E-state index contributed by atoms with van der Waals surface area (Å²) < 4.78 is 0. The lowest BCUT2D eigenvalue weighted by Gasteiger charge is -2.08. The molecule has 0 aliphatic carbocycles. The third-order valence-electron chi connectivity index (χ3n) is 3.41. The summed E-state index contributed by atoms with van der Waals surface area (Å²) in [5, 5.41) is 1.02. The SMILES string of the molecule is CCc1nc(-c2cc(C(C)=O)c(C)cc2C)sc1C. The zero-order valence-electron chi connectivity index (χ0n) is 12.1. The Labute approximate surface area is 118 Å². The molecule has 2 nitrogen and oxygen atoms in total. The van der Waals surface area contributed by atoms with E-state index in [1.807, 2.05) is 13.0 Å². The largest absolute Gasteiger partial charge is 0.295 e. The summed E-state index contributed by atoms with van der Waals surface area (Å²) in [6, 6.07) is 4.07. The van der Waals surface area contributed by atoms with Gasteiger partial charge in [-0.3, -0.25) is 4.79 Å². The van der Waals surface area contributed by atoms with Crippen LogP contribution in [0, 0.1) is 20.8 Å². The van der Waals surface area contributed by atoms with Crippen LogP contribution < -0.4 is 0 Å². The fourth-order valence-corrected chi connectivity index (χ4v) is 3.42. The minimum atomic E-state index is 0.114. The maximum absolute atomic E-state index is 11.7. The van der Waals surface area contributed by atoms with E-state index in [1.54, 1.807) is 18.3 Å². The van der Waals surface area contributed by atoms with Gasteiger partial charge in [0.2, 0.25) is 0 Å². The van der Waals surface area contributed by atoms with E-state index < -0.39 is 0 Å². The van der Waals surface area contributed by atoms with Crippen molar-refractivity contribution in [1.29, 1.82) is 0 Å². The van der Waals surface area contributed by atoms with Gasteiger partial charge in [0.25, 0.3) is 0 Å². The van der Waals surface area contributed by atoms with Gasteiger partial charge < -0.3 is 0 Å². The molecule has 0 bridgehead atoms. The zero-order valence-corrected chi connectivity index (χ0v) is 12.9. The monoisotopic (exact) mass is 273 g/mol. The smallest absolute Gasteiger partial charge is 0.160 e. The third kappa shape index (κ3) is 2.61. The van der Waals surface area contributed by atoms with Crippen molar-refractivity contribution < 1.29 is 4.79 Å². The second kappa shape index (κ2) is 5.25. The lowest BCUT2D eigenvalue weighted by molar-refractivity contribution is 0.101. The Balaban J connectivity index is 2.60. The first-order valence-corrected chi connectivity index (χ1v) is 7.34. The Morgan fingerprint density at radius 1 is 1.21 bits per heavy atom. The molecule has 0 amide bonds. The molecular formula is C16H19NOS. The molecule has 0 radical (unpaired) electrons. The predicted molar refractivity (Wildman–Crippen MR) is 81.1 cm³/mol. The topological polar surface area (TPSA) is 30.0 Å². The molecule has 0 aliphatic heterocycles. The van der Waals surface area contributed by atoms with Gasteiger partial charge in [0.15, 0.2) is 5.78 Å². The Bertz CT molecular complexity index is 640. The van der Waals surface area contributed by atoms with Gasteiger partial charge in [-0.15, -0.1) is 11.3 Å². The third-order valence-corrected chi connectivity index (χ3v) is 4.45. The van der Waals surface area contributed by atoms with Crippen molar-refractivity contribution in [3.8, 4) is 10.6 Å². The second-order valence-electron chi connectivity index (χ2n) is 4.91. The van der Waals surface area contributed by atoms with Gasteiger partial charge in [0, 0.05) is 16.0 Å².